The standard InChI is InChI=1S/C13H16F3NO2/c14-13(15,16)9-7-11(19)10(18)6-8(9)12(17)4-2-1-3-5-12/h6-7,18-19H,1-5,17H2. The van der Waals surface area contributed by atoms with E-state index in [2.05, 4.69) is 0 Å². The monoisotopic (exact) mass is 275 g/mol. The van der Waals surface area contributed by atoms with Crippen molar-refractivity contribution in [2.75, 3.05) is 0 Å². The van der Waals surface area contributed by atoms with E-state index in [1.165, 1.54) is 0 Å². The van der Waals surface area contributed by atoms with Gasteiger partial charge in [-0.1, -0.05) is 19.3 Å². The van der Waals surface area contributed by atoms with Crippen LogP contribution in [0.3, 0.4) is 0 Å². The zero-order chi connectivity index (χ0) is 14.3. The lowest BCUT2D eigenvalue weighted by atomic mass is 9.75. The van der Waals surface area contributed by atoms with Gasteiger partial charge in [-0.15, -0.1) is 0 Å². The lowest BCUT2D eigenvalue weighted by Crippen LogP contribution is -2.40. The Morgan fingerprint density at radius 3 is 2.05 bits per heavy atom. The Hall–Kier alpha value is -1.43. The Balaban J connectivity index is 2.57. The summed E-state index contributed by atoms with van der Waals surface area (Å²) in [4.78, 5) is 0. The number of rotatable bonds is 1. The van der Waals surface area contributed by atoms with E-state index >= 15 is 0 Å². The fraction of sp³-hybridized carbons (Fsp3) is 0.538. The second-order valence-electron chi connectivity index (χ2n) is 5.10. The quantitative estimate of drug-likeness (QED) is 0.689. The van der Waals surface area contributed by atoms with Crippen molar-refractivity contribution >= 4 is 0 Å². The first-order chi connectivity index (χ1) is 8.74. The molecule has 0 radical (unpaired) electrons. The summed E-state index contributed by atoms with van der Waals surface area (Å²) in [6.07, 6.45) is -1.25. The molecule has 1 fully saturated rings. The molecule has 6 heteroatoms. The third kappa shape index (κ3) is 2.63. The predicted octanol–water partition coefficient (Wildman–Crippen LogP) is 3.23. The van der Waals surface area contributed by atoms with Crippen LogP contribution in [0.1, 0.15) is 43.2 Å². The van der Waals surface area contributed by atoms with Gasteiger partial charge in [-0.3, -0.25) is 0 Å². The van der Waals surface area contributed by atoms with E-state index in [1.54, 1.807) is 0 Å². The fourth-order valence-electron chi connectivity index (χ4n) is 2.68. The minimum Gasteiger partial charge on any atom is -0.504 e. The van der Waals surface area contributed by atoms with Crippen LogP contribution >= 0.6 is 0 Å². The molecule has 1 saturated carbocycles. The molecular formula is C13H16F3NO2. The maximum Gasteiger partial charge on any atom is 0.416 e. The van der Waals surface area contributed by atoms with Crippen LogP contribution in [0.5, 0.6) is 11.5 Å². The molecule has 1 aromatic carbocycles. The molecule has 1 aliphatic rings. The lowest BCUT2D eigenvalue weighted by molar-refractivity contribution is -0.139. The van der Waals surface area contributed by atoms with Crippen molar-refractivity contribution in [3.05, 3.63) is 23.3 Å². The van der Waals surface area contributed by atoms with Crippen LogP contribution < -0.4 is 5.73 Å². The molecule has 1 aromatic rings. The summed E-state index contributed by atoms with van der Waals surface area (Å²) in [5.74, 6) is -1.35. The summed E-state index contributed by atoms with van der Waals surface area (Å²) in [6.45, 7) is 0. The van der Waals surface area contributed by atoms with E-state index < -0.39 is 28.8 Å². The predicted molar refractivity (Wildman–Crippen MR) is 63.7 cm³/mol. The zero-order valence-electron chi connectivity index (χ0n) is 10.3. The highest BCUT2D eigenvalue weighted by atomic mass is 19.4. The van der Waals surface area contributed by atoms with Gasteiger partial charge in [-0.05, 0) is 30.5 Å². The maximum atomic E-state index is 13.0. The Kier molecular flexibility index (Phi) is 3.38. The van der Waals surface area contributed by atoms with Crippen LogP contribution in [0, 0.1) is 0 Å². The highest BCUT2D eigenvalue weighted by molar-refractivity contribution is 5.49. The van der Waals surface area contributed by atoms with Gasteiger partial charge in [-0.2, -0.15) is 13.2 Å². The van der Waals surface area contributed by atoms with Crippen molar-refractivity contribution in [2.45, 2.75) is 43.8 Å². The SMILES string of the molecule is NC1(c2cc(O)c(O)cc2C(F)(F)F)CCCCC1. The molecule has 0 heterocycles. The molecule has 19 heavy (non-hydrogen) atoms. The summed E-state index contributed by atoms with van der Waals surface area (Å²) in [5, 5.41) is 18.7. The molecule has 0 aromatic heterocycles. The Labute approximate surface area is 108 Å². The van der Waals surface area contributed by atoms with Crippen molar-refractivity contribution in [3.8, 4) is 11.5 Å². The third-order valence-electron chi connectivity index (χ3n) is 3.70. The summed E-state index contributed by atoms with van der Waals surface area (Å²) in [5.41, 5.74) is 3.92. The largest absolute Gasteiger partial charge is 0.504 e. The second kappa shape index (κ2) is 4.59. The molecule has 2 rings (SSSR count). The zero-order valence-corrected chi connectivity index (χ0v) is 10.3. The summed E-state index contributed by atoms with van der Waals surface area (Å²) in [6, 6.07) is 1.50. The average molecular weight is 275 g/mol. The molecule has 4 N–H and O–H groups in total. The van der Waals surface area contributed by atoms with Gasteiger partial charge in [0.15, 0.2) is 11.5 Å². The number of aromatic hydroxyl groups is 2. The molecule has 0 bridgehead atoms. The van der Waals surface area contributed by atoms with Gasteiger partial charge in [0.05, 0.1) is 5.56 Å². The Morgan fingerprint density at radius 2 is 1.53 bits per heavy atom. The number of alkyl halides is 3. The van der Waals surface area contributed by atoms with Gasteiger partial charge in [-0.25, -0.2) is 0 Å². The van der Waals surface area contributed by atoms with Crippen molar-refractivity contribution in [3.63, 3.8) is 0 Å². The summed E-state index contributed by atoms with van der Waals surface area (Å²) < 4.78 is 39.1. The van der Waals surface area contributed by atoms with Gasteiger partial charge in [0, 0.05) is 5.54 Å². The molecular weight excluding hydrogens is 259 g/mol. The minimum absolute atomic E-state index is 0.130. The number of benzene rings is 1. The van der Waals surface area contributed by atoms with Gasteiger partial charge in [0.25, 0.3) is 0 Å². The van der Waals surface area contributed by atoms with Crippen molar-refractivity contribution in [1.29, 1.82) is 0 Å². The van der Waals surface area contributed by atoms with E-state index in [-0.39, 0.29) is 5.56 Å². The van der Waals surface area contributed by atoms with Gasteiger partial charge >= 0.3 is 6.18 Å². The highest BCUT2D eigenvalue weighted by Gasteiger charge is 2.41. The van der Waals surface area contributed by atoms with Gasteiger partial charge in [0.2, 0.25) is 0 Å². The van der Waals surface area contributed by atoms with Crippen LogP contribution in [-0.2, 0) is 11.7 Å². The number of phenolic OH excluding ortho intramolecular Hbond substituents is 2. The number of halogens is 3. The molecule has 0 aliphatic heterocycles. The number of hydrogen-bond acceptors (Lipinski definition) is 3. The Morgan fingerprint density at radius 1 is 1.00 bits per heavy atom. The first-order valence-electron chi connectivity index (χ1n) is 6.16. The smallest absolute Gasteiger partial charge is 0.416 e. The molecule has 106 valence electrons. The van der Waals surface area contributed by atoms with E-state index in [4.69, 9.17) is 5.73 Å². The second-order valence-corrected chi connectivity index (χ2v) is 5.10. The molecule has 0 unspecified atom stereocenters. The van der Waals surface area contributed by atoms with E-state index in [0.717, 1.165) is 25.3 Å². The van der Waals surface area contributed by atoms with Gasteiger partial charge in [0.1, 0.15) is 0 Å². The van der Waals surface area contributed by atoms with Gasteiger partial charge < -0.3 is 15.9 Å². The third-order valence-corrected chi connectivity index (χ3v) is 3.70. The maximum absolute atomic E-state index is 13.0. The molecule has 3 nitrogen and oxygen atoms in total. The number of hydrogen-bond donors (Lipinski definition) is 3. The molecule has 0 atom stereocenters. The molecule has 0 saturated heterocycles. The molecule has 0 spiro atoms. The topological polar surface area (TPSA) is 66.5 Å². The van der Waals surface area contributed by atoms with Crippen LogP contribution in [0.2, 0.25) is 0 Å². The average Bonchev–Trinajstić information content (AvgIpc) is 2.31. The van der Waals surface area contributed by atoms with Crippen molar-refractivity contribution in [1.82, 2.24) is 0 Å². The molecule has 1 aliphatic carbocycles. The van der Waals surface area contributed by atoms with Crippen molar-refractivity contribution in [2.24, 2.45) is 5.73 Å². The number of nitrogens with two attached hydrogens (primary N) is 1. The minimum atomic E-state index is -4.61. The van der Waals surface area contributed by atoms with Crippen LogP contribution in [0.15, 0.2) is 12.1 Å². The Bertz CT molecular complexity index is 480. The van der Waals surface area contributed by atoms with Crippen molar-refractivity contribution < 1.29 is 23.4 Å². The first-order valence-corrected chi connectivity index (χ1v) is 6.16. The molecule has 0 amide bonds. The first kappa shape index (κ1) is 14.0. The van der Waals surface area contributed by atoms with E-state index in [1.807, 2.05) is 0 Å². The van der Waals surface area contributed by atoms with Crippen LogP contribution in [0.25, 0.3) is 0 Å². The number of phenols is 2. The summed E-state index contributed by atoms with van der Waals surface area (Å²) in [7, 11) is 0. The van der Waals surface area contributed by atoms with E-state index in [9.17, 15) is 23.4 Å². The van der Waals surface area contributed by atoms with Crippen LogP contribution in [-0.4, -0.2) is 10.2 Å². The van der Waals surface area contributed by atoms with Crippen LogP contribution in [0.4, 0.5) is 13.2 Å². The normalized spacial score (nSPS) is 19.4. The fourth-order valence-corrected chi connectivity index (χ4v) is 2.68. The highest BCUT2D eigenvalue weighted by Crippen LogP contribution is 2.45. The lowest BCUT2D eigenvalue weighted by Gasteiger charge is -2.35. The summed E-state index contributed by atoms with van der Waals surface area (Å²) >= 11 is 0. The van der Waals surface area contributed by atoms with E-state index in [0.29, 0.717) is 18.9 Å².